The summed E-state index contributed by atoms with van der Waals surface area (Å²) in [7, 11) is -3.65. The molecule has 1 aromatic heterocycles. The summed E-state index contributed by atoms with van der Waals surface area (Å²) in [6.07, 6.45) is 2.33. The lowest BCUT2D eigenvalue weighted by molar-refractivity contribution is -0.121. The Morgan fingerprint density at radius 3 is 2.67 bits per heavy atom. The van der Waals surface area contributed by atoms with Crippen LogP contribution in [-0.4, -0.2) is 31.1 Å². The van der Waals surface area contributed by atoms with E-state index in [0.717, 1.165) is 6.42 Å². The van der Waals surface area contributed by atoms with E-state index in [2.05, 4.69) is 15.5 Å². The van der Waals surface area contributed by atoms with Crippen molar-refractivity contribution < 1.29 is 17.6 Å². The lowest BCUT2D eigenvalue weighted by Gasteiger charge is -2.02. The molecule has 0 bridgehead atoms. The van der Waals surface area contributed by atoms with Crippen LogP contribution in [0.3, 0.4) is 0 Å². The Labute approximate surface area is 141 Å². The fourth-order valence-electron chi connectivity index (χ4n) is 2.10. The number of aryl methyl sites for hydroxylation is 1. The molecule has 7 nitrogen and oxygen atoms in total. The molecule has 1 heterocycles. The Morgan fingerprint density at radius 2 is 1.96 bits per heavy atom. The molecule has 1 amide bonds. The van der Waals surface area contributed by atoms with Gasteiger partial charge < -0.3 is 9.73 Å². The molecule has 24 heavy (non-hydrogen) atoms. The molecule has 0 saturated heterocycles. The van der Waals surface area contributed by atoms with Crippen LogP contribution in [-0.2, 0) is 26.8 Å². The third-order valence-corrected chi connectivity index (χ3v) is 4.69. The molecule has 0 unspecified atom stereocenters. The zero-order chi connectivity index (χ0) is 17.4. The maximum Gasteiger partial charge on any atom is 0.335 e. The highest BCUT2D eigenvalue weighted by molar-refractivity contribution is 7.90. The second-order valence-electron chi connectivity index (χ2n) is 5.41. The number of benzene rings is 1. The monoisotopic (exact) mass is 351 g/mol. The van der Waals surface area contributed by atoms with E-state index < -0.39 is 9.84 Å². The predicted octanol–water partition coefficient (Wildman–Crippen LogP) is 1.89. The summed E-state index contributed by atoms with van der Waals surface area (Å²) in [4.78, 5) is 11.3. The van der Waals surface area contributed by atoms with E-state index in [1.807, 2.05) is 13.0 Å². The minimum absolute atomic E-state index is 0.00848. The Hall–Kier alpha value is -2.22. The van der Waals surface area contributed by atoms with Gasteiger partial charge in [-0.1, -0.05) is 42.4 Å². The van der Waals surface area contributed by atoms with Crippen molar-refractivity contribution in [1.82, 2.24) is 15.5 Å². The molecule has 0 saturated carbocycles. The van der Waals surface area contributed by atoms with Gasteiger partial charge in [-0.3, -0.25) is 4.79 Å². The van der Waals surface area contributed by atoms with Crippen molar-refractivity contribution in [1.29, 1.82) is 0 Å². The number of carbonyl (C=O) groups is 1. The van der Waals surface area contributed by atoms with Gasteiger partial charge in [-0.15, -0.1) is 5.10 Å². The molecule has 0 radical (unpaired) electrons. The maximum atomic E-state index is 12.3. The van der Waals surface area contributed by atoms with Crippen LogP contribution in [0.1, 0.15) is 37.6 Å². The van der Waals surface area contributed by atoms with Crippen LogP contribution in [0.2, 0.25) is 0 Å². The summed E-state index contributed by atoms with van der Waals surface area (Å²) in [6, 6.07) is 8.83. The molecule has 0 atom stereocenters. The maximum absolute atomic E-state index is 12.3. The van der Waals surface area contributed by atoms with Gasteiger partial charge in [-0.25, -0.2) is 8.42 Å². The van der Waals surface area contributed by atoms with Crippen LogP contribution in [0, 0.1) is 0 Å². The van der Waals surface area contributed by atoms with Crippen LogP contribution >= 0.6 is 0 Å². The molecule has 130 valence electrons. The molecule has 8 heteroatoms. The second-order valence-corrected chi connectivity index (χ2v) is 7.28. The van der Waals surface area contributed by atoms with Crippen molar-refractivity contribution in [2.45, 2.75) is 43.6 Å². The molecular weight excluding hydrogens is 330 g/mol. The molecule has 0 aliphatic heterocycles. The van der Waals surface area contributed by atoms with Crippen LogP contribution < -0.4 is 5.32 Å². The molecule has 0 fully saturated rings. The van der Waals surface area contributed by atoms with Gasteiger partial charge in [0.1, 0.15) is 0 Å². The molecule has 0 aliphatic rings. The smallest absolute Gasteiger partial charge is 0.335 e. The minimum atomic E-state index is -3.65. The number of aromatic nitrogens is 2. The summed E-state index contributed by atoms with van der Waals surface area (Å²) >= 11 is 0. The Bertz CT molecular complexity index is 757. The van der Waals surface area contributed by atoms with E-state index in [4.69, 9.17) is 4.42 Å². The highest BCUT2D eigenvalue weighted by Gasteiger charge is 2.22. The third-order valence-electron chi connectivity index (χ3n) is 3.28. The molecular formula is C16H21N3O4S. The fourth-order valence-corrected chi connectivity index (χ4v) is 3.25. The summed E-state index contributed by atoms with van der Waals surface area (Å²) in [5.74, 6) is 0.0864. The Morgan fingerprint density at radius 1 is 1.21 bits per heavy atom. The average molecular weight is 351 g/mol. The summed E-state index contributed by atoms with van der Waals surface area (Å²) in [6.45, 7) is 2.43. The minimum Gasteiger partial charge on any atom is -0.413 e. The lowest BCUT2D eigenvalue weighted by atomic mass is 10.2. The first kappa shape index (κ1) is 18.1. The fraction of sp³-hybridized carbons (Fsp3) is 0.438. The highest BCUT2D eigenvalue weighted by Crippen LogP contribution is 2.15. The number of carbonyl (C=O) groups excluding carboxylic acids is 1. The van der Waals surface area contributed by atoms with Gasteiger partial charge in [0, 0.05) is 19.4 Å². The molecule has 2 rings (SSSR count). The van der Waals surface area contributed by atoms with Crippen LogP contribution in [0.5, 0.6) is 0 Å². The SMILES string of the molecule is CCCC(=O)NCCCc1nnc(S(=O)(=O)Cc2ccccc2)o1. The van der Waals surface area contributed by atoms with E-state index in [1.165, 1.54) is 0 Å². The molecule has 1 N–H and O–H groups in total. The quantitative estimate of drug-likeness (QED) is 0.692. The van der Waals surface area contributed by atoms with Crippen molar-refractivity contribution >= 4 is 15.7 Å². The topological polar surface area (TPSA) is 102 Å². The highest BCUT2D eigenvalue weighted by atomic mass is 32.2. The number of hydrogen-bond acceptors (Lipinski definition) is 6. The standard InChI is InChI=1S/C16H21N3O4S/c1-2-7-14(20)17-11-6-10-15-18-19-16(23-15)24(21,22)12-13-8-4-3-5-9-13/h3-5,8-9H,2,6-7,10-12H2,1H3,(H,17,20). The number of rotatable bonds is 9. The zero-order valence-electron chi connectivity index (χ0n) is 13.6. The number of nitrogens with one attached hydrogen (secondary N) is 1. The van der Waals surface area contributed by atoms with Gasteiger partial charge in [0.15, 0.2) is 0 Å². The number of hydrogen-bond donors (Lipinski definition) is 1. The first-order chi connectivity index (χ1) is 11.5. The molecule has 0 spiro atoms. The van der Waals surface area contributed by atoms with Crippen molar-refractivity contribution in [3.8, 4) is 0 Å². The lowest BCUT2D eigenvalue weighted by Crippen LogP contribution is -2.24. The van der Waals surface area contributed by atoms with Crippen LogP contribution in [0.15, 0.2) is 40.0 Å². The van der Waals surface area contributed by atoms with Crippen molar-refractivity contribution in [2.75, 3.05) is 6.54 Å². The molecule has 1 aromatic carbocycles. The van der Waals surface area contributed by atoms with Gasteiger partial charge in [-0.05, 0) is 18.4 Å². The second kappa shape index (κ2) is 8.58. The normalized spacial score (nSPS) is 11.4. The number of nitrogens with zero attached hydrogens (tertiary/aromatic N) is 2. The van der Waals surface area contributed by atoms with Gasteiger partial charge in [0.2, 0.25) is 21.6 Å². The Kier molecular flexibility index (Phi) is 6.48. The predicted molar refractivity (Wildman–Crippen MR) is 87.9 cm³/mol. The van der Waals surface area contributed by atoms with Crippen molar-refractivity contribution in [2.24, 2.45) is 0 Å². The van der Waals surface area contributed by atoms with Crippen molar-refractivity contribution in [3.05, 3.63) is 41.8 Å². The largest absolute Gasteiger partial charge is 0.413 e. The summed E-state index contributed by atoms with van der Waals surface area (Å²) in [5, 5.41) is 9.82. The van der Waals surface area contributed by atoms with E-state index in [0.29, 0.717) is 31.4 Å². The van der Waals surface area contributed by atoms with Gasteiger partial charge in [-0.2, -0.15) is 0 Å². The van der Waals surface area contributed by atoms with E-state index in [1.54, 1.807) is 24.3 Å². The first-order valence-electron chi connectivity index (χ1n) is 7.87. The van der Waals surface area contributed by atoms with Crippen LogP contribution in [0.25, 0.3) is 0 Å². The van der Waals surface area contributed by atoms with E-state index in [-0.39, 0.29) is 22.8 Å². The van der Waals surface area contributed by atoms with Crippen LogP contribution in [0.4, 0.5) is 0 Å². The summed E-state index contributed by atoms with van der Waals surface area (Å²) < 4.78 is 29.8. The molecule has 0 aliphatic carbocycles. The Balaban J connectivity index is 1.87. The van der Waals surface area contributed by atoms with Gasteiger partial charge in [0.25, 0.3) is 0 Å². The average Bonchev–Trinajstić information content (AvgIpc) is 3.02. The van der Waals surface area contributed by atoms with Gasteiger partial charge in [0.05, 0.1) is 5.75 Å². The van der Waals surface area contributed by atoms with E-state index >= 15 is 0 Å². The molecule has 2 aromatic rings. The first-order valence-corrected chi connectivity index (χ1v) is 9.52. The summed E-state index contributed by atoms with van der Waals surface area (Å²) in [5.41, 5.74) is 0.663. The number of amides is 1. The third kappa shape index (κ3) is 5.45. The van der Waals surface area contributed by atoms with Gasteiger partial charge >= 0.3 is 5.22 Å². The number of sulfone groups is 1. The van der Waals surface area contributed by atoms with Crippen molar-refractivity contribution in [3.63, 3.8) is 0 Å². The van der Waals surface area contributed by atoms with E-state index in [9.17, 15) is 13.2 Å². The zero-order valence-corrected chi connectivity index (χ0v) is 14.4.